The highest BCUT2D eigenvalue weighted by molar-refractivity contribution is 9.10. The van der Waals surface area contributed by atoms with Crippen molar-refractivity contribution in [2.24, 2.45) is 5.92 Å². The number of hydrogen-bond acceptors (Lipinski definition) is 3. The molecule has 0 spiro atoms. The second kappa shape index (κ2) is 6.62. The first-order chi connectivity index (χ1) is 10.7. The Balaban J connectivity index is 1.72. The zero-order chi connectivity index (χ0) is 15.5. The van der Waals surface area contributed by atoms with Gasteiger partial charge in [0.1, 0.15) is 0 Å². The Morgan fingerprint density at radius 2 is 2.32 bits per heavy atom. The van der Waals surface area contributed by atoms with Crippen LogP contribution in [0.1, 0.15) is 16.9 Å². The van der Waals surface area contributed by atoms with Crippen LogP contribution >= 0.6 is 15.9 Å². The SMILES string of the molecule is CNCC1CCN(C(=O)c2ccn(-c3cccc(Br)c3)n2)C1. The molecular formula is C16H19BrN4O. The number of benzene rings is 1. The molecule has 0 radical (unpaired) electrons. The molecule has 0 saturated carbocycles. The second-order valence-electron chi connectivity index (χ2n) is 5.59. The van der Waals surface area contributed by atoms with E-state index in [0.717, 1.165) is 36.2 Å². The van der Waals surface area contributed by atoms with Crippen LogP contribution in [0.2, 0.25) is 0 Å². The molecule has 1 N–H and O–H groups in total. The fraction of sp³-hybridized carbons (Fsp3) is 0.375. The first kappa shape index (κ1) is 15.2. The van der Waals surface area contributed by atoms with E-state index in [4.69, 9.17) is 0 Å². The fourth-order valence-electron chi connectivity index (χ4n) is 2.83. The molecule has 0 aliphatic carbocycles. The molecule has 22 heavy (non-hydrogen) atoms. The molecule has 1 fully saturated rings. The number of aromatic nitrogens is 2. The summed E-state index contributed by atoms with van der Waals surface area (Å²) < 4.78 is 2.72. The van der Waals surface area contributed by atoms with Crippen molar-refractivity contribution >= 4 is 21.8 Å². The molecule has 1 atom stereocenters. The smallest absolute Gasteiger partial charge is 0.274 e. The number of nitrogens with one attached hydrogen (secondary N) is 1. The maximum atomic E-state index is 12.5. The number of halogens is 1. The predicted octanol–water partition coefficient (Wildman–Crippen LogP) is 2.32. The van der Waals surface area contributed by atoms with E-state index in [0.29, 0.717) is 11.6 Å². The Morgan fingerprint density at radius 3 is 3.09 bits per heavy atom. The summed E-state index contributed by atoms with van der Waals surface area (Å²) in [5.74, 6) is 0.563. The van der Waals surface area contributed by atoms with Crippen molar-refractivity contribution in [2.45, 2.75) is 6.42 Å². The summed E-state index contributed by atoms with van der Waals surface area (Å²) in [4.78, 5) is 14.4. The summed E-state index contributed by atoms with van der Waals surface area (Å²) in [6.07, 6.45) is 2.88. The average Bonchev–Trinajstić information content (AvgIpc) is 3.16. The molecule has 6 heteroatoms. The molecular weight excluding hydrogens is 344 g/mol. The first-order valence-corrected chi connectivity index (χ1v) is 8.22. The molecule has 2 heterocycles. The topological polar surface area (TPSA) is 50.2 Å². The molecule has 3 rings (SSSR count). The van der Waals surface area contributed by atoms with Crippen molar-refractivity contribution in [1.29, 1.82) is 0 Å². The number of hydrogen-bond donors (Lipinski definition) is 1. The highest BCUT2D eigenvalue weighted by Gasteiger charge is 2.27. The zero-order valence-corrected chi connectivity index (χ0v) is 14.1. The molecule has 0 bridgehead atoms. The minimum atomic E-state index is 0.0207. The summed E-state index contributed by atoms with van der Waals surface area (Å²) in [6, 6.07) is 9.64. The van der Waals surface area contributed by atoms with Gasteiger partial charge in [-0.05, 0) is 50.2 Å². The van der Waals surface area contributed by atoms with Gasteiger partial charge in [-0.2, -0.15) is 5.10 Å². The maximum absolute atomic E-state index is 12.5. The van der Waals surface area contributed by atoms with Crippen molar-refractivity contribution in [3.05, 3.63) is 46.7 Å². The van der Waals surface area contributed by atoms with Crippen LogP contribution in [0, 0.1) is 5.92 Å². The molecule has 1 unspecified atom stereocenters. The van der Waals surface area contributed by atoms with Crippen LogP contribution in [0.15, 0.2) is 41.0 Å². The largest absolute Gasteiger partial charge is 0.337 e. The van der Waals surface area contributed by atoms with Gasteiger partial charge in [-0.1, -0.05) is 22.0 Å². The predicted molar refractivity (Wildman–Crippen MR) is 89.2 cm³/mol. The van der Waals surface area contributed by atoms with Crippen molar-refractivity contribution < 1.29 is 4.79 Å². The van der Waals surface area contributed by atoms with Gasteiger partial charge in [-0.25, -0.2) is 4.68 Å². The molecule has 2 aromatic rings. The molecule has 1 aliphatic rings. The van der Waals surface area contributed by atoms with Crippen LogP contribution in [0.4, 0.5) is 0 Å². The molecule has 1 saturated heterocycles. The molecule has 1 aliphatic heterocycles. The lowest BCUT2D eigenvalue weighted by Gasteiger charge is -2.15. The van der Waals surface area contributed by atoms with Crippen LogP contribution in [0.3, 0.4) is 0 Å². The van der Waals surface area contributed by atoms with E-state index in [-0.39, 0.29) is 5.91 Å². The normalized spacial score (nSPS) is 17.9. The Morgan fingerprint density at radius 1 is 1.45 bits per heavy atom. The summed E-state index contributed by atoms with van der Waals surface area (Å²) in [6.45, 7) is 2.58. The number of rotatable bonds is 4. The summed E-state index contributed by atoms with van der Waals surface area (Å²) >= 11 is 3.45. The van der Waals surface area contributed by atoms with E-state index < -0.39 is 0 Å². The van der Waals surface area contributed by atoms with Gasteiger partial charge >= 0.3 is 0 Å². The fourth-order valence-corrected chi connectivity index (χ4v) is 3.22. The quantitative estimate of drug-likeness (QED) is 0.907. The standard InChI is InChI=1S/C16H19BrN4O/c1-18-10-12-5-7-20(11-12)16(22)15-6-8-21(19-15)14-4-2-3-13(17)9-14/h2-4,6,8-9,12,18H,5,7,10-11H2,1H3. The van der Waals surface area contributed by atoms with Gasteiger partial charge in [0.25, 0.3) is 5.91 Å². The van der Waals surface area contributed by atoms with Crippen molar-refractivity contribution in [1.82, 2.24) is 20.0 Å². The number of carbonyl (C=O) groups is 1. The minimum Gasteiger partial charge on any atom is -0.337 e. The Bertz CT molecular complexity index is 670. The highest BCUT2D eigenvalue weighted by atomic mass is 79.9. The van der Waals surface area contributed by atoms with E-state index in [1.165, 1.54) is 0 Å². The van der Waals surface area contributed by atoms with Gasteiger partial charge < -0.3 is 10.2 Å². The Hall–Kier alpha value is -1.66. The van der Waals surface area contributed by atoms with Crippen molar-refractivity contribution in [2.75, 3.05) is 26.7 Å². The van der Waals surface area contributed by atoms with E-state index in [2.05, 4.69) is 26.3 Å². The van der Waals surface area contributed by atoms with Crippen LogP contribution in [0.5, 0.6) is 0 Å². The van der Waals surface area contributed by atoms with Crippen LogP contribution in [-0.2, 0) is 0 Å². The monoisotopic (exact) mass is 362 g/mol. The maximum Gasteiger partial charge on any atom is 0.274 e. The van der Waals surface area contributed by atoms with E-state index in [1.807, 2.05) is 42.4 Å². The lowest BCUT2D eigenvalue weighted by atomic mass is 10.1. The minimum absolute atomic E-state index is 0.0207. The lowest BCUT2D eigenvalue weighted by molar-refractivity contribution is 0.0781. The van der Waals surface area contributed by atoms with Gasteiger partial charge in [-0.3, -0.25) is 4.79 Å². The van der Waals surface area contributed by atoms with Crippen LogP contribution in [-0.4, -0.2) is 47.3 Å². The van der Waals surface area contributed by atoms with Gasteiger partial charge in [0.05, 0.1) is 5.69 Å². The van der Waals surface area contributed by atoms with Gasteiger partial charge in [0.2, 0.25) is 0 Å². The third-order valence-corrected chi connectivity index (χ3v) is 4.44. The zero-order valence-electron chi connectivity index (χ0n) is 12.5. The van der Waals surface area contributed by atoms with Crippen LogP contribution in [0.25, 0.3) is 5.69 Å². The molecule has 1 aromatic carbocycles. The van der Waals surface area contributed by atoms with E-state index in [9.17, 15) is 4.79 Å². The number of likely N-dealkylation sites (tertiary alicyclic amines) is 1. The summed E-state index contributed by atoms with van der Waals surface area (Å²) in [7, 11) is 1.95. The summed E-state index contributed by atoms with van der Waals surface area (Å²) in [5.41, 5.74) is 1.44. The first-order valence-electron chi connectivity index (χ1n) is 7.43. The van der Waals surface area contributed by atoms with Gasteiger partial charge in [0.15, 0.2) is 5.69 Å². The van der Waals surface area contributed by atoms with Crippen LogP contribution < -0.4 is 5.32 Å². The third-order valence-electron chi connectivity index (χ3n) is 3.95. The molecule has 116 valence electrons. The van der Waals surface area contributed by atoms with E-state index in [1.54, 1.807) is 10.7 Å². The average molecular weight is 363 g/mol. The number of carbonyl (C=O) groups excluding carboxylic acids is 1. The van der Waals surface area contributed by atoms with Gasteiger partial charge in [0, 0.05) is 23.8 Å². The molecule has 1 aromatic heterocycles. The number of amides is 1. The molecule has 5 nitrogen and oxygen atoms in total. The highest BCUT2D eigenvalue weighted by Crippen LogP contribution is 2.19. The van der Waals surface area contributed by atoms with Gasteiger partial charge in [-0.15, -0.1) is 0 Å². The van der Waals surface area contributed by atoms with Crippen molar-refractivity contribution in [3.8, 4) is 5.69 Å². The Labute approximate surface area is 138 Å². The second-order valence-corrected chi connectivity index (χ2v) is 6.50. The number of nitrogens with zero attached hydrogens (tertiary/aromatic N) is 3. The summed E-state index contributed by atoms with van der Waals surface area (Å²) in [5, 5.41) is 7.60. The van der Waals surface area contributed by atoms with Crippen molar-refractivity contribution in [3.63, 3.8) is 0 Å². The third kappa shape index (κ3) is 3.23. The lowest BCUT2D eigenvalue weighted by Crippen LogP contribution is -2.30. The van der Waals surface area contributed by atoms with E-state index >= 15 is 0 Å². The molecule has 1 amide bonds. The Kier molecular flexibility index (Phi) is 4.59.